The van der Waals surface area contributed by atoms with Gasteiger partial charge in [0.1, 0.15) is 5.69 Å². The molecule has 0 radical (unpaired) electrons. The molecule has 2 rings (SSSR count). The van der Waals surface area contributed by atoms with E-state index in [9.17, 15) is 9.90 Å². The molecule has 18 heavy (non-hydrogen) atoms. The average molecular weight is 251 g/mol. The summed E-state index contributed by atoms with van der Waals surface area (Å²) in [4.78, 5) is 12.2. The van der Waals surface area contributed by atoms with E-state index >= 15 is 0 Å². The number of nitrogen functional groups attached to an aromatic ring is 1. The highest BCUT2D eigenvalue weighted by Crippen LogP contribution is 2.28. The molecule has 0 aliphatic heterocycles. The number of rotatable bonds is 3. The lowest BCUT2D eigenvalue weighted by Gasteiger charge is -2.36. The van der Waals surface area contributed by atoms with Crippen LogP contribution in [0.1, 0.15) is 42.6 Å². The molecule has 1 aliphatic carbocycles. The van der Waals surface area contributed by atoms with E-state index in [1.54, 1.807) is 23.9 Å². The molecule has 0 spiro atoms. The van der Waals surface area contributed by atoms with Crippen LogP contribution in [0.25, 0.3) is 0 Å². The van der Waals surface area contributed by atoms with Crippen LogP contribution in [0.15, 0.2) is 12.3 Å². The van der Waals surface area contributed by atoms with Crippen molar-refractivity contribution in [1.29, 1.82) is 0 Å². The third-order valence-electron chi connectivity index (χ3n) is 3.75. The van der Waals surface area contributed by atoms with Crippen molar-refractivity contribution in [1.82, 2.24) is 9.88 Å². The van der Waals surface area contributed by atoms with Crippen molar-refractivity contribution in [3.05, 3.63) is 18.0 Å². The Balaban J connectivity index is 2.12. The van der Waals surface area contributed by atoms with E-state index in [2.05, 4.69) is 5.32 Å². The van der Waals surface area contributed by atoms with Crippen molar-refractivity contribution in [2.75, 3.05) is 12.3 Å². The van der Waals surface area contributed by atoms with Gasteiger partial charge in [0, 0.05) is 13.2 Å². The number of nitrogens with one attached hydrogen (secondary N) is 1. The van der Waals surface area contributed by atoms with Gasteiger partial charge in [0.05, 0.1) is 17.8 Å². The van der Waals surface area contributed by atoms with Crippen LogP contribution >= 0.6 is 0 Å². The van der Waals surface area contributed by atoms with Crippen molar-refractivity contribution < 1.29 is 9.90 Å². The molecule has 1 aromatic heterocycles. The van der Waals surface area contributed by atoms with E-state index in [1.807, 2.05) is 0 Å². The van der Waals surface area contributed by atoms with E-state index in [4.69, 9.17) is 5.73 Å². The fourth-order valence-corrected chi connectivity index (χ4v) is 2.67. The van der Waals surface area contributed by atoms with Gasteiger partial charge in [-0.25, -0.2) is 0 Å². The number of aromatic nitrogens is 1. The first-order valence-electron chi connectivity index (χ1n) is 6.41. The van der Waals surface area contributed by atoms with Crippen molar-refractivity contribution in [3.8, 4) is 0 Å². The van der Waals surface area contributed by atoms with Gasteiger partial charge in [-0.15, -0.1) is 0 Å². The summed E-state index contributed by atoms with van der Waals surface area (Å²) < 4.78 is 1.71. The van der Waals surface area contributed by atoms with Crippen molar-refractivity contribution >= 4 is 11.6 Å². The number of amides is 1. The summed E-state index contributed by atoms with van der Waals surface area (Å²) in [6.45, 7) is -0.00134. The maximum atomic E-state index is 12.2. The summed E-state index contributed by atoms with van der Waals surface area (Å²) in [5, 5.41) is 12.6. The molecule has 0 atom stereocenters. The number of hydrogen-bond donors (Lipinski definition) is 3. The van der Waals surface area contributed by atoms with Crippen LogP contribution in [0.3, 0.4) is 0 Å². The van der Waals surface area contributed by atoms with Crippen molar-refractivity contribution in [2.45, 2.75) is 37.6 Å². The van der Waals surface area contributed by atoms with Crippen LogP contribution in [-0.2, 0) is 7.05 Å². The summed E-state index contributed by atoms with van der Waals surface area (Å²) in [6.07, 6.45) is 6.67. The highest BCUT2D eigenvalue weighted by atomic mass is 16.3. The lowest BCUT2D eigenvalue weighted by atomic mass is 9.82. The van der Waals surface area contributed by atoms with Gasteiger partial charge < -0.3 is 20.7 Å². The second kappa shape index (κ2) is 5.02. The Hall–Kier alpha value is -1.49. The standard InChI is InChI=1S/C13H21N3O2/c1-16-8-10(14)7-11(16)12(18)15-13(9-17)5-3-2-4-6-13/h7-8,17H,2-6,9,14H2,1H3,(H,15,18). The Kier molecular flexibility index (Phi) is 3.61. The average Bonchev–Trinajstić information content (AvgIpc) is 2.70. The molecule has 0 bridgehead atoms. The third kappa shape index (κ3) is 2.51. The summed E-state index contributed by atoms with van der Waals surface area (Å²) in [7, 11) is 1.79. The van der Waals surface area contributed by atoms with Crippen molar-refractivity contribution in [2.24, 2.45) is 7.05 Å². The minimum atomic E-state index is -0.450. The zero-order valence-corrected chi connectivity index (χ0v) is 10.8. The minimum absolute atomic E-state index is 0.00134. The van der Waals surface area contributed by atoms with Crippen LogP contribution in [0.2, 0.25) is 0 Å². The molecular formula is C13H21N3O2. The molecule has 1 heterocycles. The Morgan fingerprint density at radius 1 is 1.50 bits per heavy atom. The van der Waals surface area contributed by atoms with E-state index in [1.165, 1.54) is 6.42 Å². The maximum absolute atomic E-state index is 12.2. The molecule has 1 saturated carbocycles. The van der Waals surface area contributed by atoms with Gasteiger partial charge in [0.25, 0.3) is 5.91 Å². The molecule has 1 fully saturated rings. The summed E-state index contributed by atoms with van der Waals surface area (Å²) in [5.41, 5.74) is 6.32. The Labute approximate surface area is 107 Å². The lowest BCUT2D eigenvalue weighted by Crippen LogP contribution is -2.52. The first kappa shape index (κ1) is 13.0. The predicted octanol–water partition coefficient (Wildman–Crippen LogP) is 1.03. The maximum Gasteiger partial charge on any atom is 0.268 e. The highest BCUT2D eigenvalue weighted by Gasteiger charge is 2.33. The third-order valence-corrected chi connectivity index (χ3v) is 3.75. The zero-order valence-electron chi connectivity index (χ0n) is 10.8. The van der Waals surface area contributed by atoms with Crippen molar-refractivity contribution in [3.63, 3.8) is 0 Å². The van der Waals surface area contributed by atoms with Crippen LogP contribution in [0.5, 0.6) is 0 Å². The minimum Gasteiger partial charge on any atom is -0.397 e. The number of anilines is 1. The van der Waals surface area contributed by atoms with Gasteiger partial charge in [-0.2, -0.15) is 0 Å². The van der Waals surface area contributed by atoms with Gasteiger partial charge in [-0.1, -0.05) is 19.3 Å². The normalized spacial score (nSPS) is 18.6. The quantitative estimate of drug-likeness (QED) is 0.750. The molecule has 1 aliphatic rings. The summed E-state index contributed by atoms with van der Waals surface area (Å²) in [5.74, 6) is -0.162. The largest absolute Gasteiger partial charge is 0.397 e. The molecule has 0 aromatic carbocycles. The van der Waals surface area contributed by atoms with Gasteiger partial charge in [-0.3, -0.25) is 4.79 Å². The molecule has 1 amide bonds. The second-order valence-corrected chi connectivity index (χ2v) is 5.22. The molecule has 4 N–H and O–H groups in total. The number of aryl methyl sites for hydroxylation is 1. The molecule has 0 saturated heterocycles. The van der Waals surface area contributed by atoms with Gasteiger partial charge >= 0.3 is 0 Å². The van der Waals surface area contributed by atoms with E-state index in [-0.39, 0.29) is 12.5 Å². The van der Waals surface area contributed by atoms with Crippen LogP contribution in [0, 0.1) is 0 Å². The second-order valence-electron chi connectivity index (χ2n) is 5.22. The van der Waals surface area contributed by atoms with Crippen LogP contribution < -0.4 is 11.1 Å². The fourth-order valence-electron chi connectivity index (χ4n) is 2.67. The van der Waals surface area contributed by atoms with Crippen LogP contribution in [-0.4, -0.2) is 27.7 Å². The zero-order chi connectivity index (χ0) is 13.2. The smallest absolute Gasteiger partial charge is 0.268 e. The van der Waals surface area contributed by atoms with Crippen LogP contribution in [0.4, 0.5) is 5.69 Å². The summed E-state index contributed by atoms with van der Waals surface area (Å²) >= 11 is 0. The molecule has 0 unspecified atom stereocenters. The monoisotopic (exact) mass is 251 g/mol. The highest BCUT2D eigenvalue weighted by molar-refractivity contribution is 5.94. The van der Waals surface area contributed by atoms with E-state index < -0.39 is 5.54 Å². The molecule has 100 valence electrons. The Morgan fingerprint density at radius 2 is 2.17 bits per heavy atom. The predicted molar refractivity (Wildman–Crippen MR) is 70.2 cm³/mol. The number of aliphatic hydroxyl groups excluding tert-OH is 1. The molecule has 5 nitrogen and oxygen atoms in total. The van der Waals surface area contributed by atoms with E-state index in [0.29, 0.717) is 11.4 Å². The number of hydrogen-bond acceptors (Lipinski definition) is 3. The van der Waals surface area contributed by atoms with Gasteiger partial charge in [0.2, 0.25) is 0 Å². The lowest BCUT2D eigenvalue weighted by molar-refractivity contribution is 0.0751. The van der Waals surface area contributed by atoms with Gasteiger partial charge in [-0.05, 0) is 18.9 Å². The number of carbonyl (C=O) groups excluding carboxylic acids is 1. The molecule has 1 aromatic rings. The molecule has 5 heteroatoms. The van der Waals surface area contributed by atoms with E-state index in [0.717, 1.165) is 25.7 Å². The SMILES string of the molecule is Cn1cc(N)cc1C(=O)NC1(CO)CCCCC1. The molecular weight excluding hydrogens is 230 g/mol. The Bertz CT molecular complexity index is 433. The number of carbonyl (C=O) groups is 1. The first-order valence-corrected chi connectivity index (χ1v) is 6.41. The number of nitrogens with two attached hydrogens (primary N) is 1. The summed E-state index contributed by atoms with van der Waals surface area (Å²) in [6, 6.07) is 1.66. The number of aliphatic hydroxyl groups is 1. The van der Waals surface area contributed by atoms with Gasteiger partial charge in [0.15, 0.2) is 0 Å². The number of nitrogens with zero attached hydrogens (tertiary/aromatic N) is 1. The first-order chi connectivity index (χ1) is 8.56. The topological polar surface area (TPSA) is 80.3 Å². The Morgan fingerprint density at radius 3 is 2.67 bits per heavy atom. The fraction of sp³-hybridized carbons (Fsp3) is 0.615.